The Kier molecular flexibility index (Phi) is 3.81. The average Bonchev–Trinajstić information content (AvgIpc) is 3.09. The van der Waals surface area contributed by atoms with Gasteiger partial charge in [0.05, 0.1) is 23.2 Å². The molecule has 0 saturated carbocycles. The van der Waals surface area contributed by atoms with Crippen LogP contribution in [0, 0.1) is 0 Å². The second-order valence-electron chi connectivity index (χ2n) is 5.83. The summed E-state index contributed by atoms with van der Waals surface area (Å²) in [5, 5.41) is 6.97. The Morgan fingerprint density at radius 2 is 1.81 bits per heavy atom. The number of hydrogen-bond acceptors (Lipinski definition) is 4. The molecule has 4 rings (SSSR count). The number of benzodiazepines with no additional fused rings is 1. The van der Waals surface area contributed by atoms with E-state index in [1.807, 2.05) is 54.6 Å². The normalized spacial score (nSPS) is 16.2. The van der Waals surface area contributed by atoms with E-state index in [4.69, 9.17) is 5.73 Å². The highest BCUT2D eigenvalue weighted by Crippen LogP contribution is 2.27. The minimum Gasteiger partial charge on any atom is -0.366 e. The summed E-state index contributed by atoms with van der Waals surface area (Å²) in [4.78, 5) is 28.7. The molecule has 2 heterocycles. The number of amides is 2. The third-order valence-electron chi connectivity index (χ3n) is 4.11. The molecule has 0 radical (unpaired) electrons. The SMILES string of the molecule is NC(=O)c1cnn([C@@H]2N=C(c3ccccc3)c3ccccc3NC2=O)c1. The van der Waals surface area contributed by atoms with E-state index in [9.17, 15) is 9.59 Å². The number of benzene rings is 2. The Morgan fingerprint density at radius 1 is 1.08 bits per heavy atom. The molecule has 0 spiro atoms. The number of anilines is 1. The molecule has 0 aliphatic carbocycles. The van der Waals surface area contributed by atoms with Crippen molar-refractivity contribution in [2.24, 2.45) is 10.7 Å². The van der Waals surface area contributed by atoms with Crippen LogP contribution in [0.4, 0.5) is 5.69 Å². The Bertz CT molecular complexity index is 1020. The van der Waals surface area contributed by atoms with Crippen LogP contribution in [0.15, 0.2) is 72.0 Å². The molecule has 2 amide bonds. The van der Waals surface area contributed by atoms with Crippen molar-refractivity contribution in [3.8, 4) is 0 Å². The van der Waals surface area contributed by atoms with Gasteiger partial charge in [-0.2, -0.15) is 5.10 Å². The molecular formula is C19H15N5O2. The quantitative estimate of drug-likeness (QED) is 0.758. The number of nitrogens with zero attached hydrogens (tertiary/aromatic N) is 3. The van der Waals surface area contributed by atoms with Crippen LogP contribution >= 0.6 is 0 Å². The molecule has 1 aliphatic heterocycles. The third-order valence-corrected chi connectivity index (χ3v) is 4.11. The van der Waals surface area contributed by atoms with E-state index < -0.39 is 12.1 Å². The number of primary amides is 1. The first kappa shape index (κ1) is 15.8. The van der Waals surface area contributed by atoms with E-state index in [2.05, 4.69) is 15.4 Å². The fourth-order valence-electron chi connectivity index (χ4n) is 2.85. The summed E-state index contributed by atoms with van der Waals surface area (Å²) in [6, 6.07) is 17.1. The summed E-state index contributed by atoms with van der Waals surface area (Å²) in [5.74, 6) is -0.955. The van der Waals surface area contributed by atoms with E-state index in [1.54, 1.807) is 0 Å². The zero-order chi connectivity index (χ0) is 18.1. The minimum atomic E-state index is -0.953. The van der Waals surface area contributed by atoms with Crippen molar-refractivity contribution < 1.29 is 9.59 Å². The monoisotopic (exact) mass is 345 g/mol. The van der Waals surface area contributed by atoms with Gasteiger partial charge in [0.1, 0.15) is 0 Å². The largest absolute Gasteiger partial charge is 0.366 e. The number of para-hydroxylation sites is 1. The van der Waals surface area contributed by atoms with Crippen LogP contribution in [0.3, 0.4) is 0 Å². The Morgan fingerprint density at radius 3 is 2.54 bits per heavy atom. The summed E-state index contributed by atoms with van der Waals surface area (Å²) < 4.78 is 1.34. The average molecular weight is 345 g/mol. The molecule has 3 aromatic rings. The minimum absolute atomic E-state index is 0.219. The topological polar surface area (TPSA) is 102 Å². The van der Waals surface area contributed by atoms with E-state index in [1.165, 1.54) is 17.1 Å². The van der Waals surface area contributed by atoms with Crippen LogP contribution in [0.5, 0.6) is 0 Å². The van der Waals surface area contributed by atoms with Gasteiger partial charge >= 0.3 is 0 Å². The number of carbonyl (C=O) groups excluding carboxylic acids is 2. The number of carbonyl (C=O) groups is 2. The number of rotatable bonds is 3. The van der Waals surface area contributed by atoms with Gasteiger partial charge in [0.2, 0.25) is 6.17 Å². The number of fused-ring (bicyclic) bond motifs is 1. The van der Waals surface area contributed by atoms with Crippen molar-refractivity contribution in [2.75, 3.05) is 5.32 Å². The van der Waals surface area contributed by atoms with Gasteiger partial charge in [-0.05, 0) is 6.07 Å². The molecule has 26 heavy (non-hydrogen) atoms. The van der Waals surface area contributed by atoms with Crippen LogP contribution in [-0.2, 0) is 4.79 Å². The maximum absolute atomic E-state index is 12.7. The predicted octanol–water partition coefficient (Wildman–Crippen LogP) is 1.97. The molecule has 7 heteroatoms. The summed E-state index contributed by atoms with van der Waals surface area (Å²) in [6.07, 6.45) is 1.80. The second kappa shape index (κ2) is 6.29. The van der Waals surface area contributed by atoms with Gasteiger partial charge in [-0.25, -0.2) is 9.67 Å². The summed E-state index contributed by atoms with van der Waals surface area (Å²) >= 11 is 0. The molecular weight excluding hydrogens is 330 g/mol. The Balaban J connectivity index is 1.88. The van der Waals surface area contributed by atoms with Gasteiger partial charge in [-0.1, -0.05) is 48.5 Å². The first-order chi connectivity index (χ1) is 12.6. The number of hydrogen-bond donors (Lipinski definition) is 2. The fraction of sp³-hybridized carbons (Fsp3) is 0.0526. The van der Waals surface area contributed by atoms with E-state index in [-0.39, 0.29) is 11.5 Å². The van der Waals surface area contributed by atoms with Crippen molar-refractivity contribution in [3.05, 3.63) is 83.7 Å². The van der Waals surface area contributed by atoms with Gasteiger partial charge in [0.25, 0.3) is 11.8 Å². The van der Waals surface area contributed by atoms with Gasteiger partial charge in [-0.3, -0.25) is 9.59 Å². The zero-order valence-electron chi connectivity index (χ0n) is 13.7. The summed E-state index contributed by atoms with van der Waals surface area (Å²) in [6.45, 7) is 0. The maximum atomic E-state index is 12.7. The van der Waals surface area contributed by atoms with Gasteiger partial charge < -0.3 is 11.1 Å². The van der Waals surface area contributed by atoms with Crippen molar-refractivity contribution in [1.82, 2.24) is 9.78 Å². The van der Waals surface area contributed by atoms with E-state index in [0.717, 1.165) is 11.1 Å². The molecule has 2 aromatic carbocycles. The standard InChI is InChI=1S/C19H15N5O2/c20-17(25)13-10-21-24(11-13)18-19(26)22-15-9-5-4-8-14(15)16(23-18)12-6-2-1-3-7-12/h1-11,18H,(H2,20,25)(H,22,26)/t18-/m0/s1. The summed E-state index contributed by atoms with van der Waals surface area (Å²) in [5.41, 5.74) is 8.53. The molecule has 3 N–H and O–H groups in total. The lowest BCUT2D eigenvalue weighted by Gasteiger charge is -2.11. The number of nitrogens with two attached hydrogens (primary N) is 1. The van der Waals surface area contributed by atoms with Crippen LogP contribution in [-0.4, -0.2) is 27.3 Å². The van der Waals surface area contributed by atoms with Gasteiger partial charge in [0, 0.05) is 17.3 Å². The smallest absolute Gasteiger partial charge is 0.271 e. The van der Waals surface area contributed by atoms with E-state index in [0.29, 0.717) is 11.4 Å². The Hall–Kier alpha value is -3.74. The molecule has 0 saturated heterocycles. The molecule has 1 aliphatic rings. The summed E-state index contributed by atoms with van der Waals surface area (Å²) in [7, 11) is 0. The second-order valence-corrected chi connectivity index (χ2v) is 5.83. The molecule has 0 unspecified atom stereocenters. The Labute approximate surface area is 149 Å². The number of aliphatic imine (C=N–C) groups is 1. The maximum Gasteiger partial charge on any atom is 0.271 e. The van der Waals surface area contributed by atoms with Crippen LogP contribution in [0.25, 0.3) is 0 Å². The van der Waals surface area contributed by atoms with Crippen molar-refractivity contribution >= 4 is 23.2 Å². The predicted molar refractivity (Wildman–Crippen MR) is 96.9 cm³/mol. The first-order valence-corrected chi connectivity index (χ1v) is 8.01. The van der Waals surface area contributed by atoms with Gasteiger partial charge in [-0.15, -0.1) is 0 Å². The van der Waals surface area contributed by atoms with Crippen molar-refractivity contribution in [3.63, 3.8) is 0 Å². The molecule has 1 aromatic heterocycles. The van der Waals surface area contributed by atoms with Crippen molar-refractivity contribution in [1.29, 1.82) is 0 Å². The van der Waals surface area contributed by atoms with Crippen LogP contribution in [0.2, 0.25) is 0 Å². The number of nitrogens with one attached hydrogen (secondary N) is 1. The first-order valence-electron chi connectivity index (χ1n) is 8.01. The van der Waals surface area contributed by atoms with Crippen LogP contribution < -0.4 is 11.1 Å². The lowest BCUT2D eigenvalue weighted by molar-refractivity contribution is -0.119. The van der Waals surface area contributed by atoms with Crippen molar-refractivity contribution in [2.45, 2.75) is 6.17 Å². The molecule has 7 nitrogen and oxygen atoms in total. The molecule has 128 valence electrons. The molecule has 0 bridgehead atoms. The lowest BCUT2D eigenvalue weighted by Crippen LogP contribution is -2.24. The van der Waals surface area contributed by atoms with Crippen LogP contribution in [0.1, 0.15) is 27.7 Å². The zero-order valence-corrected chi connectivity index (χ0v) is 13.7. The molecule has 1 atom stereocenters. The third kappa shape index (κ3) is 2.75. The fourth-order valence-corrected chi connectivity index (χ4v) is 2.85. The molecule has 0 fully saturated rings. The van der Waals surface area contributed by atoms with Gasteiger partial charge in [0.15, 0.2) is 0 Å². The number of aromatic nitrogens is 2. The highest BCUT2D eigenvalue weighted by molar-refractivity contribution is 6.19. The van der Waals surface area contributed by atoms with E-state index >= 15 is 0 Å². The highest BCUT2D eigenvalue weighted by Gasteiger charge is 2.27. The highest BCUT2D eigenvalue weighted by atomic mass is 16.2. The lowest BCUT2D eigenvalue weighted by atomic mass is 10.0.